The topological polar surface area (TPSA) is 58.2 Å². The van der Waals surface area contributed by atoms with Crippen LogP contribution in [0.15, 0.2) is 36.4 Å². The average molecular weight is 316 g/mol. The smallest absolute Gasteiger partial charge is 0.272 e. The molecule has 2 fully saturated rings. The Morgan fingerprint density at radius 2 is 1.96 bits per heavy atom. The quantitative estimate of drug-likeness (QED) is 0.651. The van der Waals surface area contributed by atoms with Gasteiger partial charge in [0.15, 0.2) is 0 Å². The van der Waals surface area contributed by atoms with E-state index in [1.54, 1.807) is 6.07 Å². The van der Waals surface area contributed by atoms with Crippen molar-refractivity contribution in [2.75, 3.05) is 0 Å². The normalized spacial score (nSPS) is 27.8. The van der Waals surface area contributed by atoms with Gasteiger partial charge in [-0.05, 0) is 42.7 Å². The van der Waals surface area contributed by atoms with Crippen LogP contribution in [0.4, 0.5) is 4.39 Å². The first kappa shape index (κ1) is 15.7. The highest BCUT2D eigenvalue weighted by Gasteiger charge is 2.60. The lowest BCUT2D eigenvalue weighted by molar-refractivity contribution is -0.129. The van der Waals surface area contributed by atoms with Crippen molar-refractivity contribution in [1.82, 2.24) is 10.9 Å². The predicted molar refractivity (Wildman–Crippen MR) is 84.7 cm³/mol. The molecule has 2 aliphatic rings. The molecule has 2 atom stereocenters. The van der Waals surface area contributed by atoms with Crippen LogP contribution in [0.2, 0.25) is 0 Å². The van der Waals surface area contributed by atoms with Crippen LogP contribution in [0.3, 0.4) is 0 Å². The SMILES string of the molecule is C=C1C2(C(=O)NNC(=O)c3ccccc3F)CCC(C2)C1(C)C. The van der Waals surface area contributed by atoms with Crippen molar-refractivity contribution in [3.05, 3.63) is 47.8 Å². The number of hydrogen-bond acceptors (Lipinski definition) is 2. The molecule has 2 amide bonds. The molecule has 0 saturated heterocycles. The van der Waals surface area contributed by atoms with Gasteiger partial charge in [0.25, 0.3) is 5.91 Å². The summed E-state index contributed by atoms with van der Waals surface area (Å²) in [4.78, 5) is 24.7. The molecule has 0 spiro atoms. The van der Waals surface area contributed by atoms with Crippen LogP contribution < -0.4 is 10.9 Å². The van der Waals surface area contributed by atoms with Gasteiger partial charge in [0.1, 0.15) is 5.82 Å². The molecule has 0 aliphatic heterocycles. The molecule has 2 aliphatic carbocycles. The monoisotopic (exact) mass is 316 g/mol. The Bertz CT molecular complexity index is 698. The molecule has 122 valence electrons. The highest BCUT2D eigenvalue weighted by molar-refractivity contribution is 5.96. The van der Waals surface area contributed by atoms with Crippen molar-refractivity contribution in [2.45, 2.75) is 33.1 Å². The lowest BCUT2D eigenvalue weighted by Gasteiger charge is -2.37. The van der Waals surface area contributed by atoms with E-state index in [1.807, 2.05) is 0 Å². The molecule has 0 heterocycles. The maximum Gasteiger partial charge on any atom is 0.272 e. The van der Waals surface area contributed by atoms with Crippen molar-refractivity contribution >= 4 is 11.8 Å². The molecule has 5 heteroatoms. The van der Waals surface area contributed by atoms with E-state index in [2.05, 4.69) is 31.3 Å². The van der Waals surface area contributed by atoms with Gasteiger partial charge in [0.2, 0.25) is 5.91 Å². The first-order valence-corrected chi connectivity index (χ1v) is 7.84. The van der Waals surface area contributed by atoms with Crippen LogP contribution in [0.25, 0.3) is 0 Å². The molecule has 2 bridgehead atoms. The van der Waals surface area contributed by atoms with Crippen LogP contribution in [0.1, 0.15) is 43.5 Å². The predicted octanol–water partition coefficient (Wildman–Crippen LogP) is 2.97. The second-order valence-electron chi connectivity index (χ2n) is 7.11. The first-order chi connectivity index (χ1) is 10.8. The number of hydrazine groups is 1. The third kappa shape index (κ3) is 2.26. The van der Waals surface area contributed by atoms with E-state index < -0.39 is 17.1 Å². The third-order valence-electron chi connectivity index (χ3n) is 5.73. The maximum absolute atomic E-state index is 13.6. The minimum absolute atomic E-state index is 0.0643. The van der Waals surface area contributed by atoms with Crippen LogP contribution in [-0.2, 0) is 4.79 Å². The van der Waals surface area contributed by atoms with Crippen LogP contribution in [0, 0.1) is 22.6 Å². The minimum Gasteiger partial charge on any atom is -0.272 e. The van der Waals surface area contributed by atoms with Gasteiger partial charge in [-0.2, -0.15) is 0 Å². The van der Waals surface area contributed by atoms with Crippen LogP contribution in [0.5, 0.6) is 0 Å². The molecule has 2 saturated carbocycles. The highest BCUT2D eigenvalue weighted by atomic mass is 19.1. The number of amides is 2. The Morgan fingerprint density at radius 3 is 2.57 bits per heavy atom. The van der Waals surface area contributed by atoms with Gasteiger partial charge in [0.05, 0.1) is 11.0 Å². The fraction of sp³-hybridized carbons (Fsp3) is 0.444. The standard InChI is InChI=1S/C18H21FN2O2/c1-11-17(2,3)12-8-9-18(11,10-12)16(23)21-20-15(22)13-6-4-5-7-14(13)19/h4-7,12H,1,8-10H2,2-3H3,(H,20,22)(H,21,23). The number of hydrogen-bond donors (Lipinski definition) is 2. The molecule has 0 aromatic heterocycles. The van der Waals surface area contributed by atoms with E-state index in [0.29, 0.717) is 5.92 Å². The summed E-state index contributed by atoms with van der Waals surface area (Å²) >= 11 is 0. The Hall–Kier alpha value is -2.17. The second-order valence-corrected chi connectivity index (χ2v) is 7.11. The number of halogens is 1. The fourth-order valence-electron chi connectivity index (χ4n) is 4.09. The molecular weight excluding hydrogens is 295 g/mol. The lowest BCUT2D eigenvalue weighted by Crippen LogP contribution is -2.49. The molecule has 1 aromatic carbocycles. The van der Waals surface area contributed by atoms with Crippen molar-refractivity contribution in [3.63, 3.8) is 0 Å². The largest absolute Gasteiger partial charge is 0.272 e. The van der Waals surface area contributed by atoms with Gasteiger partial charge in [-0.25, -0.2) is 4.39 Å². The van der Waals surface area contributed by atoms with Crippen molar-refractivity contribution in [1.29, 1.82) is 0 Å². The fourth-order valence-corrected chi connectivity index (χ4v) is 4.09. The Labute approximate surface area is 135 Å². The second kappa shape index (κ2) is 5.18. The number of nitrogens with one attached hydrogen (secondary N) is 2. The van der Waals surface area contributed by atoms with E-state index in [4.69, 9.17) is 0 Å². The summed E-state index contributed by atoms with van der Waals surface area (Å²) in [5.41, 5.74) is 4.95. The van der Waals surface area contributed by atoms with E-state index in [9.17, 15) is 14.0 Å². The number of rotatable bonds is 2. The summed E-state index contributed by atoms with van der Waals surface area (Å²) in [7, 11) is 0. The summed E-state index contributed by atoms with van der Waals surface area (Å²) in [6.45, 7) is 8.38. The van der Waals surface area contributed by atoms with Gasteiger partial charge < -0.3 is 0 Å². The zero-order chi connectivity index (χ0) is 16.8. The Morgan fingerprint density at radius 1 is 1.26 bits per heavy atom. The average Bonchev–Trinajstić information content (AvgIpc) is 3.05. The zero-order valence-electron chi connectivity index (χ0n) is 13.4. The van der Waals surface area contributed by atoms with Crippen LogP contribution in [-0.4, -0.2) is 11.8 Å². The van der Waals surface area contributed by atoms with E-state index in [1.165, 1.54) is 18.2 Å². The van der Waals surface area contributed by atoms with E-state index in [-0.39, 0.29) is 16.9 Å². The summed E-state index contributed by atoms with van der Waals surface area (Å²) in [6, 6.07) is 5.66. The number of fused-ring (bicyclic) bond motifs is 2. The van der Waals surface area contributed by atoms with Gasteiger partial charge in [-0.3, -0.25) is 20.4 Å². The van der Waals surface area contributed by atoms with Crippen LogP contribution >= 0.6 is 0 Å². The number of benzene rings is 1. The Kier molecular flexibility index (Phi) is 3.54. The highest BCUT2D eigenvalue weighted by Crippen LogP contribution is 2.65. The van der Waals surface area contributed by atoms with Crippen molar-refractivity contribution in [2.24, 2.45) is 16.7 Å². The number of carbonyl (C=O) groups is 2. The Balaban J connectivity index is 1.70. The summed E-state index contributed by atoms with van der Waals surface area (Å²) in [5.74, 6) is -1.08. The molecule has 0 radical (unpaired) electrons. The van der Waals surface area contributed by atoms with E-state index in [0.717, 1.165) is 24.8 Å². The van der Waals surface area contributed by atoms with Gasteiger partial charge >= 0.3 is 0 Å². The summed E-state index contributed by atoms with van der Waals surface area (Å²) < 4.78 is 13.6. The zero-order valence-corrected chi connectivity index (χ0v) is 13.4. The summed E-state index contributed by atoms with van der Waals surface area (Å²) in [6.07, 6.45) is 2.50. The van der Waals surface area contributed by atoms with E-state index >= 15 is 0 Å². The third-order valence-corrected chi connectivity index (χ3v) is 5.73. The molecular formula is C18H21FN2O2. The molecule has 2 N–H and O–H groups in total. The lowest BCUT2D eigenvalue weighted by atomic mass is 9.68. The molecule has 3 rings (SSSR count). The number of carbonyl (C=O) groups excluding carboxylic acids is 2. The van der Waals surface area contributed by atoms with Gasteiger partial charge in [-0.1, -0.05) is 38.1 Å². The molecule has 4 nitrogen and oxygen atoms in total. The molecule has 1 aromatic rings. The minimum atomic E-state index is -0.662. The first-order valence-electron chi connectivity index (χ1n) is 7.84. The van der Waals surface area contributed by atoms with Gasteiger partial charge in [0, 0.05) is 0 Å². The molecule has 23 heavy (non-hydrogen) atoms. The van der Waals surface area contributed by atoms with Gasteiger partial charge in [-0.15, -0.1) is 0 Å². The maximum atomic E-state index is 13.6. The molecule has 2 unspecified atom stereocenters. The van der Waals surface area contributed by atoms with Crippen molar-refractivity contribution in [3.8, 4) is 0 Å². The summed E-state index contributed by atoms with van der Waals surface area (Å²) in [5, 5.41) is 0. The van der Waals surface area contributed by atoms with Crippen molar-refractivity contribution < 1.29 is 14.0 Å².